The maximum atomic E-state index is 12.7. The Morgan fingerprint density at radius 1 is 0.854 bits per heavy atom. The molecule has 0 aliphatic carbocycles. The first kappa shape index (κ1) is 30.1. The quantitative estimate of drug-likeness (QED) is 0.184. The topological polar surface area (TPSA) is 209 Å². The summed E-state index contributed by atoms with van der Waals surface area (Å²) in [5.41, 5.74) is 1.79. The molecule has 16 heteroatoms. The summed E-state index contributed by atoms with van der Waals surface area (Å²) in [6, 6.07) is 17.0. The van der Waals surface area contributed by atoms with Gasteiger partial charge in [0.15, 0.2) is 9.84 Å². The lowest BCUT2D eigenvalue weighted by molar-refractivity contribution is 0.262. The second-order valence-electron chi connectivity index (χ2n) is 9.19. The Morgan fingerprint density at radius 2 is 1.44 bits per heavy atom. The Balaban J connectivity index is 1.32. The van der Waals surface area contributed by atoms with Crippen molar-refractivity contribution in [1.82, 2.24) is 9.62 Å². The zero-order chi connectivity index (χ0) is 29.8. The van der Waals surface area contributed by atoms with Gasteiger partial charge in [-0.3, -0.25) is 5.41 Å². The van der Waals surface area contributed by atoms with Crippen molar-refractivity contribution in [3.63, 3.8) is 0 Å². The number of amides is 2. The van der Waals surface area contributed by atoms with Crippen molar-refractivity contribution in [3.8, 4) is 0 Å². The summed E-state index contributed by atoms with van der Waals surface area (Å²) in [5, 5.41) is 18.7. The molecule has 0 bridgehead atoms. The third-order valence-electron chi connectivity index (χ3n) is 6.20. The molecule has 3 aromatic carbocycles. The molecule has 3 aromatic rings. The normalized spacial score (nSPS) is 15.2. The van der Waals surface area contributed by atoms with Gasteiger partial charge in [-0.2, -0.15) is 0 Å². The van der Waals surface area contributed by atoms with Crippen LogP contribution < -0.4 is 20.5 Å². The van der Waals surface area contributed by atoms with Gasteiger partial charge in [-0.05, 0) is 54.1 Å². The van der Waals surface area contributed by atoms with Crippen LogP contribution in [0.25, 0.3) is 0 Å². The first-order chi connectivity index (χ1) is 19.2. The maximum Gasteiger partial charge on any atom is 0.323 e. The average Bonchev–Trinajstić information content (AvgIpc) is 2.92. The molecule has 0 spiro atoms. The Bertz CT molecular complexity index is 1760. The minimum Gasteiger partial charge on any atom is -0.355 e. The lowest BCUT2D eigenvalue weighted by atomic mass is 10.1. The summed E-state index contributed by atoms with van der Waals surface area (Å²) < 4.78 is 73.8. The minimum absolute atomic E-state index is 0.0108. The van der Waals surface area contributed by atoms with Crippen molar-refractivity contribution in [1.29, 1.82) is 5.41 Å². The molecule has 1 fully saturated rings. The minimum atomic E-state index is -3.90. The molecule has 218 valence electrons. The number of nitrogens with two attached hydrogens (primary N) is 1. The molecule has 4 rings (SSSR count). The average molecular weight is 621 g/mol. The van der Waals surface area contributed by atoms with Crippen LogP contribution in [0.5, 0.6) is 0 Å². The third-order valence-corrected chi connectivity index (χ3v) is 10.2. The van der Waals surface area contributed by atoms with E-state index in [2.05, 4.69) is 15.4 Å². The molecule has 0 unspecified atom stereocenters. The van der Waals surface area contributed by atoms with Crippen LogP contribution >= 0.6 is 0 Å². The number of carbonyl (C=O) groups excluding carboxylic acids is 1. The van der Waals surface area contributed by atoms with Gasteiger partial charge < -0.3 is 15.5 Å². The fourth-order valence-electron chi connectivity index (χ4n) is 3.93. The fourth-order valence-corrected chi connectivity index (χ4v) is 6.67. The van der Waals surface area contributed by atoms with Crippen molar-refractivity contribution in [2.45, 2.75) is 16.3 Å². The van der Waals surface area contributed by atoms with Crippen LogP contribution in [0.15, 0.2) is 82.6 Å². The van der Waals surface area contributed by atoms with Crippen LogP contribution in [0, 0.1) is 5.41 Å². The van der Waals surface area contributed by atoms with Crippen molar-refractivity contribution in [3.05, 3.63) is 83.9 Å². The van der Waals surface area contributed by atoms with Crippen LogP contribution in [0.3, 0.4) is 0 Å². The summed E-state index contributed by atoms with van der Waals surface area (Å²) in [7, 11) is -10.8. The van der Waals surface area contributed by atoms with Crippen molar-refractivity contribution >= 4 is 53.1 Å². The lowest BCUT2D eigenvalue weighted by Gasteiger charge is -2.29. The number of amidine groups is 1. The molecule has 0 saturated carbocycles. The number of carbonyl (C=O) groups is 1. The van der Waals surface area contributed by atoms with Gasteiger partial charge in [-0.15, -0.1) is 0 Å². The highest BCUT2D eigenvalue weighted by atomic mass is 32.2. The first-order valence-corrected chi connectivity index (χ1v) is 17.0. The zero-order valence-corrected chi connectivity index (χ0v) is 24.0. The Kier molecular flexibility index (Phi) is 8.79. The second kappa shape index (κ2) is 12.0. The third kappa shape index (κ3) is 8.11. The van der Waals surface area contributed by atoms with Crippen molar-refractivity contribution < 1.29 is 30.0 Å². The van der Waals surface area contributed by atoms with Crippen LogP contribution in [0.1, 0.15) is 11.1 Å². The van der Waals surface area contributed by atoms with Crippen LogP contribution in [0.4, 0.5) is 16.2 Å². The molecule has 1 aliphatic heterocycles. The summed E-state index contributed by atoms with van der Waals surface area (Å²) in [6.45, 7) is 0.382. The van der Waals surface area contributed by atoms with E-state index in [1.54, 1.807) is 29.2 Å². The highest BCUT2D eigenvalue weighted by molar-refractivity contribution is 7.91. The van der Waals surface area contributed by atoms with Gasteiger partial charge in [0.25, 0.3) is 0 Å². The van der Waals surface area contributed by atoms with Gasteiger partial charge in [0.2, 0.25) is 20.0 Å². The van der Waals surface area contributed by atoms with E-state index in [9.17, 15) is 30.0 Å². The number of primary sulfonamides is 1. The number of hydrogen-bond donors (Lipinski definition) is 5. The largest absolute Gasteiger partial charge is 0.355 e. The predicted octanol–water partition coefficient (Wildman–Crippen LogP) is 1.51. The van der Waals surface area contributed by atoms with Gasteiger partial charge in [-0.1, -0.05) is 24.3 Å². The van der Waals surface area contributed by atoms with Gasteiger partial charge in [0, 0.05) is 36.6 Å². The number of anilines is 2. The number of sulfone groups is 1. The molecule has 1 heterocycles. The number of benzene rings is 3. The van der Waals surface area contributed by atoms with E-state index in [1.807, 2.05) is 0 Å². The molecule has 1 aliphatic rings. The molecule has 2 amide bonds. The predicted molar refractivity (Wildman–Crippen MR) is 154 cm³/mol. The molecule has 6 N–H and O–H groups in total. The van der Waals surface area contributed by atoms with Gasteiger partial charge in [0.05, 0.1) is 21.3 Å². The molecule has 13 nitrogen and oxygen atoms in total. The zero-order valence-electron chi connectivity index (χ0n) is 21.6. The Hall–Kier alpha value is -3.83. The van der Waals surface area contributed by atoms with E-state index in [0.29, 0.717) is 22.5 Å². The summed E-state index contributed by atoms with van der Waals surface area (Å²) in [4.78, 5) is 14.1. The molecule has 0 aromatic heterocycles. The molecular weight excluding hydrogens is 593 g/mol. The molecule has 41 heavy (non-hydrogen) atoms. The van der Waals surface area contributed by atoms with E-state index < -0.39 is 35.9 Å². The fraction of sp³-hybridized carbons (Fsp3) is 0.200. The number of nitrogens with zero attached hydrogens (tertiary/aromatic N) is 1. The number of rotatable bonds is 8. The smallest absolute Gasteiger partial charge is 0.323 e. The van der Waals surface area contributed by atoms with E-state index in [4.69, 9.17) is 10.5 Å². The van der Waals surface area contributed by atoms with Crippen molar-refractivity contribution in [2.24, 2.45) is 5.14 Å². The monoisotopic (exact) mass is 620 g/mol. The standard InChI is InChI=1S/C25H28N6O7S3/c26-24(31-12-14-39(33,34)15-13-31)19-2-1-3-21(16-19)30-25(32)29-20-6-10-23(11-7-20)41(37,38)28-17-18-4-8-22(9-5-18)40(27,35)36/h1-11,16,26,28H,12-15,17H2,(H2,27,35,36)(H2,29,30,32). The number of urea groups is 1. The highest BCUT2D eigenvalue weighted by Gasteiger charge is 2.24. The Labute approximate surface area is 238 Å². The molecular formula is C25H28N6O7S3. The van der Waals surface area contributed by atoms with E-state index in [-0.39, 0.29) is 46.8 Å². The summed E-state index contributed by atoms with van der Waals surface area (Å²) >= 11 is 0. The number of hydrogen-bond acceptors (Lipinski definition) is 8. The van der Waals surface area contributed by atoms with Crippen LogP contribution in [0.2, 0.25) is 0 Å². The van der Waals surface area contributed by atoms with Crippen LogP contribution in [-0.4, -0.2) is 66.6 Å². The van der Waals surface area contributed by atoms with E-state index in [0.717, 1.165) is 0 Å². The summed E-state index contributed by atoms with van der Waals surface area (Å²) in [5.74, 6) is 0.140. The van der Waals surface area contributed by atoms with Gasteiger partial charge >= 0.3 is 6.03 Å². The lowest BCUT2D eigenvalue weighted by Crippen LogP contribution is -2.43. The highest BCUT2D eigenvalue weighted by Crippen LogP contribution is 2.18. The Morgan fingerprint density at radius 3 is 2.05 bits per heavy atom. The van der Waals surface area contributed by atoms with Gasteiger partial charge in [0.1, 0.15) is 5.84 Å². The van der Waals surface area contributed by atoms with Gasteiger partial charge in [-0.25, -0.2) is 39.9 Å². The maximum absolute atomic E-state index is 12.7. The summed E-state index contributed by atoms with van der Waals surface area (Å²) in [6.07, 6.45) is 0. The van der Waals surface area contributed by atoms with Crippen LogP contribution in [-0.2, 0) is 36.4 Å². The van der Waals surface area contributed by atoms with E-state index in [1.165, 1.54) is 48.5 Å². The molecule has 0 atom stereocenters. The SMILES string of the molecule is N=C(c1cccc(NC(=O)Nc2ccc(S(=O)(=O)NCc3ccc(S(N)(=O)=O)cc3)cc2)c1)N1CCS(=O)(=O)CC1. The molecule has 0 radical (unpaired) electrons. The first-order valence-electron chi connectivity index (χ1n) is 12.2. The number of sulfonamides is 2. The molecule has 1 saturated heterocycles. The second-order valence-corrected chi connectivity index (χ2v) is 14.8. The number of nitrogens with one attached hydrogen (secondary N) is 4. The van der Waals surface area contributed by atoms with Crippen molar-refractivity contribution in [2.75, 3.05) is 35.2 Å². The van der Waals surface area contributed by atoms with E-state index >= 15 is 0 Å².